The molecule has 0 aromatic heterocycles. The van der Waals surface area contributed by atoms with Crippen LogP contribution in [0.4, 0.5) is 61.5 Å². The van der Waals surface area contributed by atoms with Gasteiger partial charge in [0.25, 0.3) is 12.7 Å². The van der Waals surface area contributed by atoms with E-state index in [9.17, 15) is 78.3 Å². The normalized spacial score (nSPS) is 17.7. The molecule has 0 amide bonds. The predicted octanol–water partition coefficient (Wildman–Crippen LogP) is 3.15. The summed E-state index contributed by atoms with van der Waals surface area (Å²) in [4.78, 5) is 0. The van der Waals surface area contributed by atoms with E-state index >= 15 is 0 Å². The molecule has 0 fully saturated rings. The van der Waals surface area contributed by atoms with Crippen LogP contribution in [0.3, 0.4) is 0 Å². The van der Waals surface area contributed by atoms with E-state index in [1.54, 1.807) is 4.74 Å². The molecule has 7 nitrogen and oxygen atoms in total. The molecule has 0 aliphatic carbocycles. The van der Waals surface area contributed by atoms with Gasteiger partial charge in [-0.2, -0.15) is 56.3 Å². The van der Waals surface area contributed by atoms with Crippen molar-refractivity contribution in [3.63, 3.8) is 0 Å². The Morgan fingerprint density at radius 1 is 0.567 bits per heavy atom. The molecule has 182 valence electrons. The molecule has 2 atom stereocenters. The molecule has 0 heterocycles. The largest absolute Gasteiger partial charge is 0.525 e. The molecule has 0 aliphatic rings. The summed E-state index contributed by atoms with van der Waals surface area (Å²) in [6.45, 7) is 0. The van der Waals surface area contributed by atoms with Gasteiger partial charge in [-0.1, -0.05) is 0 Å². The Morgan fingerprint density at radius 3 is 1.13 bits per heavy atom. The Morgan fingerprint density at radius 2 is 0.867 bits per heavy atom. The zero-order valence-electron chi connectivity index (χ0n) is 12.6. The van der Waals surface area contributed by atoms with Gasteiger partial charge in [0.2, 0.25) is 0 Å². The van der Waals surface area contributed by atoms with Crippen LogP contribution in [-0.4, -0.2) is 58.7 Å². The molecule has 0 saturated carbocycles. The fourth-order valence-electron chi connectivity index (χ4n) is 0.887. The minimum atomic E-state index is -7.90. The van der Waals surface area contributed by atoms with Crippen molar-refractivity contribution in [3.8, 4) is 0 Å². The van der Waals surface area contributed by atoms with Crippen molar-refractivity contribution >= 4 is 20.2 Å². The summed E-state index contributed by atoms with van der Waals surface area (Å²) >= 11 is 0. The van der Waals surface area contributed by atoms with Crippen LogP contribution in [0, 0.1) is 0 Å². The van der Waals surface area contributed by atoms with Gasteiger partial charge in [-0.05, 0) is 0 Å². The van der Waals surface area contributed by atoms with Gasteiger partial charge in [0.05, 0.1) is 0 Å². The molecule has 2 unspecified atom stereocenters. The van der Waals surface area contributed by atoms with Gasteiger partial charge in [0, 0.05) is 0 Å². The first-order chi connectivity index (χ1) is 12.7. The molecule has 0 spiro atoms. The number of hydrogen-bond donors (Lipinski definition) is 0. The monoisotopic (exact) mass is 528 g/mol. The van der Waals surface area contributed by atoms with Crippen LogP contribution in [0.15, 0.2) is 0 Å². The maximum absolute atomic E-state index is 13.2. The Labute approximate surface area is 154 Å². The van der Waals surface area contributed by atoms with Crippen LogP contribution < -0.4 is 0 Å². The average Bonchev–Trinajstić information content (AvgIpc) is 2.41. The first-order valence-electron chi connectivity index (χ1n) is 5.82. The standard InChI is InChI=1S/C7H2F14O7S2/c8-1(26-6(17,18)5(14,15)16)3(10,11)29(22,23)28-30(24,25)4(12,13)2(9)27-7(19,20)21/h1-2H. The van der Waals surface area contributed by atoms with E-state index in [0.717, 1.165) is 0 Å². The van der Waals surface area contributed by atoms with Gasteiger partial charge in [-0.15, -0.1) is 16.8 Å². The van der Waals surface area contributed by atoms with Crippen molar-refractivity contribution in [2.24, 2.45) is 0 Å². The molecule has 30 heavy (non-hydrogen) atoms. The third kappa shape index (κ3) is 6.16. The molecule has 0 aromatic carbocycles. The first-order valence-corrected chi connectivity index (χ1v) is 8.64. The van der Waals surface area contributed by atoms with E-state index in [4.69, 9.17) is 0 Å². The molecular weight excluding hydrogens is 526 g/mol. The van der Waals surface area contributed by atoms with Crippen LogP contribution in [0.5, 0.6) is 0 Å². The molecular formula is C7H2F14O7S2. The predicted molar refractivity (Wildman–Crippen MR) is 57.8 cm³/mol. The van der Waals surface area contributed by atoms with E-state index in [0.29, 0.717) is 0 Å². The Hall–Kier alpha value is -1.20. The SMILES string of the molecule is O=S(=O)(OS(=O)(=O)C(F)(F)C(F)OC(F)(F)C(F)(F)F)C(F)(F)C(F)OC(F)(F)F. The van der Waals surface area contributed by atoms with Crippen LogP contribution in [0.1, 0.15) is 0 Å². The lowest BCUT2D eigenvalue weighted by Gasteiger charge is -2.26. The highest BCUT2D eigenvalue weighted by Crippen LogP contribution is 2.43. The van der Waals surface area contributed by atoms with Crippen LogP contribution >= 0.6 is 0 Å². The van der Waals surface area contributed by atoms with Gasteiger partial charge >= 0.3 is 49.4 Å². The average molecular weight is 528 g/mol. The molecule has 0 radical (unpaired) electrons. The smallest absolute Gasteiger partial charge is 0.271 e. The highest BCUT2D eigenvalue weighted by atomic mass is 32.3. The number of hydrogen-bond acceptors (Lipinski definition) is 7. The Balaban J connectivity index is 5.87. The summed E-state index contributed by atoms with van der Waals surface area (Å²) in [6.07, 6.45) is -31.2. The fraction of sp³-hybridized carbons (Fsp3) is 1.00. The summed E-state index contributed by atoms with van der Waals surface area (Å²) in [5.41, 5.74) is 0. The second-order valence-electron chi connectivity index (χ2n) is 4.43. The Kier molecular flexibility index (Phi) is 7.73. The zero-order valence-corrected chi connectivity index (χ0v) is 14.3. The lowest BCUT2D eigenvalue weighted by molar-refractivity contribution is -0.423. The lowest BCUT2D eigenvalue weighted by Crippen LogP contribution is -2.51. The van der Waals surface area contributed by atoms with Crippen LogP contribution in [0.25, 0.3) is 0 Å². The van der Waals surface area contributed by atoms with Crippen molar-refractivity contribution in [3.05, 3.63) is 0 Å². The number of alkyl halides is 14. The van der Waals surface area contributed by atoms with E-state index in [2.05, 4.69) is 0 Å². The number of halogens is 14. The molecule has 23 heteroatoms. The van der Waals surface area contributed by atoms with Gasteiger partial charge in [-0.25, -0.2) is 13.5 Å². The number of ether oxygens (including phenoxy) is 2. The third-order valence-electron chi connectivity index (χ3n) is 2.19. The van der Waals surface area contributed by atoms with Crippen molar-refractivity contribution in [1.82, 2.24) is 0 Å². The number of rotatable bonds is 9. The summed E-state index contributed by atoms with van der Waals surface area (Å²) in [7, 11) is -15.7. The van der Waals surface area contributed by atoms with E-state index in [1.807, 2.05) is 8.37 Å². The maximum atomic E-state index is 13.2. The molecule has 0 rings (SSSR count). The topological polar surface area (TPSA) is 96.0 Å². The maximum Gasteiger partial charge on any atom is 0.525 e. The molecule has 0 aromatic rings. The van der Waals surface area contributed by atoms with Gasteiger partial charge < -0.3 is 0 Å². The minimum Gasteiger partial charge on any atom is -0.271 e. The Bertz CT molecular complexity index is 813. The van der Waals surface area contributed by atoms with E-state index < -0.39 is 62.1 Å². The second-order valence-corrected chi connectivity index (χ2v) is 7.88. The van der Waals surface area contributed by atoms with Gasteiger partial charge in [-0.3, -0.25) is 4.74 Å². The highest BCUT2D eigenvalue weighted by molar-refractivity contribution is 8.00. The van der Waals surface area contributed by atoms with Crippen molar-refractivity contribution in [2.45, 2.75) is 41.9 Å². The summed E-state index contributed by atoms with van der Waals surface area (Å²) in [5.74, 6) is 0. The van der Waals surface area contributed by atoms with E-state index in [1.165, 1.54) is 0 Å². The van der Waals surface area contributed by atoms with Gasteiger partial charge in [0.15, 0.2) is 0 Å². The second kappa shape index (κ2) is 8.05. The zero-order chi connectivity index (χ0) is 24.8. The molecule has 0 saturated heterocycles. The van der Waals surface area contributed by atoms with Crippen molar-refractivity contribution in [1.29, 1.82) is 0 Å². The quantitative estimate of drug-likeness (QED) is 0.425. The highest BCUT2D eigenvalue weighted by Gasteiger charge is 2.68. The fourth-order valence-corrected chi connectivity index (χ4v) is 3.11. The first kappa shape index (κ1) is 28.8. The van der Waals surface area contributed by atoms with Crippen LogP contribution in [-0.2, 0) is 33.3 Å². The molecule has 0 aliphatic heterocycles. The minimum absolute atomic E-state index is 1.80. The van der Waals surface area contributed by atoms with E-state index in [-0.39, 0.29) is 0 Å². The van der Waals surface area contributed by atoms with Gasteiger partial charge in [0.1, 0.15) is 0 Å². The lowest BCUT2D eigenvalue weighted by atomic mass is 10.6. The molecule has 0 bridgehead atoms. The van der Waals surface area contributed by atoms with Crippen LogP contribution in [0.2, 0.25) is 0 Å². The summed E-state index contributed by atoms with van der Waals surface area (Å²) < 4.78 is 222. The summed E-state index contributed by atoms with van der Waals surface area (Å²) in [6, 6.07) is 0. The van der Waals surface area contributed by atoms with Crippen molar-refractivity contribution in [2.75, 3.05) is 0 Å². The van der Waals surface area contributed by atoms with Crippen molar-refractivity contribution < 1.29 is 91.4 Å². The molecule has 0 N–H and O–H groups in total. The third-order valence-corrected chi connectivity index (χ3v) is 5.33. The summed E-state index contributed by atoms with van der Waals surface area (Å²) in [5, 5.41) is -13.7.